The average molecular weight is 397 g/mol. The number of unbranched alkanes of at least 4 members (excludes halogenated alkanes) is 3. The number of rotatable bonds is 14. The Morgan fingerprint density at radius 3 is 1.82 bits per heavy atom. The van der Waals surface area contributed by atoms with E-state index in [1.807, 2.05) is 0 Å². The van der Waals surface area contributed by atoms with Gasteiger partial charge in [-0.05, 0) is 37.0 Å². The Balaban J connectivity index is 1.52. The normalized spacial score (nSPS) is 28.7. The number of methoxy groups -OCH3 is 2. The fourth-order valence-electron chi connectivity index (χ4n) is 5.48. The van der Waals surface area contributed by atoms with Crippen LogP contribution >= 0.6 is 0 Å². The minimum atomic E-state index is 0.323. The van der Waals surface area contributed by atoms with E-state index in [-0.39, 0.29) is 0 Å². The quantitative estimate of drug-likeness (QED) is 0.308. The van der Waals surface area contributed by atoms with E-state index in [0.717, 1.165) is 37.6 Å². The molecule has 0 bridgehead atoms. The molecule has 28 heavy (non-hydrogen) atoms. The summed E-state index contributed by atoms with van der Waals surface area (Å²) in [7, 11) is 3.54. The molecule has 0 aromatic rings. The predicted molar refractivity (Wildman–Crippen MR) is 118 cm³/mol. The third-order valence-corrected chi connectivity index (χ3v) is 7.35. The second-order valence-corrected chi connectivity index (χ2v) is 9.65. The minimum absolute atomic E-state index is 0.323. The van der Waals surface area contributed by atoms with Crippen molar-refractivity contribution in [3.8, 4) is 0 Å². The molecule has 1 heterocycles. The summed E-state index contributed by atoms with van der Waals surface area (Å²) in [6.45, 7) is 4.73. The summed E-state index contributed by atoms with van der Waals surface area (Å²) in [4.78, 5) is 0. The second kappa shape index (κ2) is 14.8. The summed E-state index contributed by atoms with van der Waals surface area (Å²) in [5.41, 5.74) is 0. The number of hydrogen-bond donors (Lipinski definition) is 0. The van der Waals surface area contributed by atoms with Crippen molar-refractivity contribution in [1.82, 2.24) is 0 Å². The average Bonchev–Trinajstić information content (AvgIpc) is 2.73. The molecule has 2 atom stereocenters. The first kappa shape index (κ1) is 24.2. The Hall–Kier alpha value is -0.120. The molecule has 2 rings (SSSR count). The van der Waals surface area contributed by atoms with E-state index in [4.69, 9.17) is 14.2 Å². The fourth-order valence-corrected chi connectivity index (χ4v) is 5.48. The smallest absolute Gasteiger partial charge is 0.0647 e. The Morgan fingerprint density at radius 2 is 1.29 bits per heavy atom. The van der Waals surface area contributed by atoms with Gasteiger partial charge in [-0.2, -0.15) is 0 Å². The lowest BCUT2D eigenvalue weighted by Gasteiger charge is -2.34. The molecular formula is C25H48O3. The van der Waals surface area contributed by atoms with Crippen LogP contribution in [0.25, 0.3) is 0 Å². The van der Waals surface area contributed by atoms with Crippen LogP contribution < -0.4 is 0 Å². The molecule has 1 aliphatic heterocycles. The summed E-state index contributed by atoms with van der Waals surface area (Å²) in [6.07, 6.45) is 20.3. The van der Waals surface area contributed by atoms with Crippen molar-refractivity contribution in [2.45, 2.75) is 103 Å². The van der Waals surface area contributed by atoms with E-state index in [1.54, 1.807) is 14.2 Å². The van der Waals surface area contributed by atoms with Gasteiger partial charge in [0, 0.05) is 26.7 Å². The zero-order valence-electron chi connectivity index (χ0n) is 19.1. The van der Waals surface area contributed by atoms with Gasteiger partial charge in [0.05, 0.1) is 19.3 Å². The Morgan fingerprint density at radius 1 is 0.714 bits per heavy atom. The lowest BCUT2D eigenvalue weighted by Crippen LogP contribution is -2.36. The van der Waals surface area contributed by atoms with Crippen LogP contribution in [0.2, 0.25) is 0 Å². The first-order valence-electron chi connectivity index (χ1n) is 12.4. The van der Waals surface area contributed by atoms with E-state index in [1.165, 1.54) is 89.9 Å². The van der Waals surface area contributed by atoms with Crippen molar-refractivity contribution in [3.63, 3.8) is 0 Å². The van der Waals surface area contributed by atoms with Crippen molar-refractivity contribution < 1.29 is 14.2 Å². The minimum Gasteiger partial charge on any atom is -0.384 e. The van der Waals surface area contributed by atoms with Crippen LogP contribution in [0.15, 0.2) is 0 Å². The van der Waals surface area contributed by atoms with E-state index in [0.29, 0.717) is 12.0 Å². The monoisotopic (exact) mass is 396 g/mol. The van der Waals surface area contributed by atoms with Crippen LogP contribution in [0.5, 0.6) is 0 Å². The van der Waals surface area contributed by atoms with E-state index < -0.39 is 0 Å². The predicted octanol–water partition coefficient (Wildman–Crippen LogP) is 6.64. The first-order valence-corrected chi connectivity index (χ1v) is 12.4. The lowest BCUT2D eigenvalue weighted by molar-refractivity contribution is -0.0811. The molecule has 1 aliphatic carbocycles. The molecule has 0 N–H and O–H groups in total. The highest BCUT2D eigenvalue weighted by Crippen LogP contribution is 2.35. The second-order valence-electron chi connectivity index (χ2n) is 9.65. The standard InChI is InChI=1S/C25H48O3/c1-4-5-6-7-9-21-12-14-22(15-13-21)10-8-11-23-16-17-25(28-18-23)24(19-26-2)20-27-3/h21-25H,4-20H2,1-3H3. The lowest BCUT2D eigenvalue weighted by atomic mass is 9.77. The summed E-state index contributed by atoms with van der Waals surface area (Å²) in [5, 5.41) is 0. The van der Waals surface area contributed by atoms with Gasteiger partial charge < -0.3 is 14.2 Å². The third kappa shape index (κ3) is 9.13. The molecule has 1 saturated carbocycles. The highest BCUT2D eigenvalue weighted by atomic mass is 16.5. The van der Waals surface area contributed by atoms with Crippen LogP contribution in [0.1, 0.15) is 96.8 Å². The Bertz CT molecular complexity index is 351. The van der Waals surface area contributed by atoms with Gasteiger partial charge in [-0.15, -0.1) is 0 Å². The van der Waals surface area contributed by atoms with E-state index in [2.05, 4.69) is 6.92 Å². The van der Waals surface area contributed by atoms with Crippen LogP contribution in [0, 0.1) is 23.7 Å². The molecular weight excluding hydrogens is 348 g/mol. The Kier molecular flexibility index (Phi) is 12.8. The summed E-state index contributed by atoms with van der Waals surface area (Å²) in [6, 6.07) is 0. The van der Waals surface area contributed by atoms with E-state index in [9.17, 15) is 0 Å². The molecule has 3 nitrogen and oxygen atoms in total. The van der Waals surface area contributed by atoms with Gasteiger partial charge >= 0.3 is 0 Å². The third-order valence-electron chi connectivity index (χ3n) is 7.35. The summed E-state index contributed by atoms with van der Waals surface area (Å²) < 4.78 is 16.9. The van der Waals surface area contributed by atoms with Crippen LogP contribution in [-0.4, -0.2) is 40.1 Å². The molecule has 1 saturated heterocycles. The van der Waals surface area contributed by atoms with Gasteiger partial charge in [0.15, 0.2) is 0 Å². The van der Waals surface area contributed by atoms with Crippen LogP contribution in [0.4, 0.5) is 0 Å². The molecule has 0 spiro atoms. The van der Waals surface area contributed by atoms with Crippen LogP contribution in [-0.2, 0) is 14.2 Å². The molecule has 2 aliphatic rings. The number of ether oxygens (including phenoxy) is 3. The molecule has 2 unspecified atom stereocenters. The zero-order valence-corrected chi connectivity index (χ0v) is 19.1. The van der Waals surface area contributed by atoms with E-state index >= 15 is 0 Å². The highest BCUT2D eigenvalue weighted by molar-refractivity contribution is 4.78. The highest BCUT2D eigenvalue weighted by Gasteiger charge is 2.28. The molecule has 0 aromatic heterocycles. The van der Waals surface area contributed by atoms with Crippen molar-refractivity contribution in [3.05, 3.63) is 0 Å². The maximum absolute atomic E-state index is 6.21. The van der Waals surface area contributed by atoms with Crippen molar-refractivity contribution >= 4 is 0 Å². The molecule has 2 fully saturated rings. The largest absolute Gasteiger partial charge is 0.384 e. The maximum Gasteiger partial charge on any atom is 0.0647 e. The first-order chi connectivity index (χ1) is 13.8. The molecule has 0 radical (unpaired) electrons. The Labute approximate surface area is 175 Å². The van der Waals surface area contributed by atoms with Crippen molar-refractivity contribution in [1.29, 1.82) is 0 Å². The van der Waals surface area contributed by atoms with Gasteiger partial charge in [-0.3, -0.25) is 0 Å². The zero-order chi connectivity index (χ0) is 20.0. The molecule has 166 valence electrons. The van der Waals surface area contributed by atoms with Gasteiger partial charge in [0.25, 0.3) is 0 Å². The summed E-state index contributed by atoms with van der Waals surface area (Å²) >= 11 is 0. The molecule has 3 heteroatoms. The van der Waals surface area contributed by atoms with Crippen molar-refractivity contribution in [2.75, 3.05) is 34.0 Å². The number of hydrogen-bond acceptors (Lipinski definition) is 3. The van der Waals surface area contributed by atoms with Crippen LogP contribution in [0.3, 0.4) is 0 Å². The SMILES string of the molecule is CCCCCCC1CCC(CCCC2CCC(C(COC)COC)OC2)CC1. The van der Waals surface area contributed by atoms with Crippen molar-refractivity contribution in [2.24, 2.45) is 23.7 Å². The topological polar surface area (TPSA) is 27.7 Å². The van der Waals surface area contributed by atoms with Gasteiger partial charge in [-0.1, -0.05) is 77.6 Å². The molecule has 0 amide bonds. The fraction of sp³-hybridized carbons (Fsp3) is 1.00. The molecule has 0 aromatic carbocycles. The summed E-state index contributed by atoms with van der Waals surface area (Å²) in [5.74, 6) is 3.21. The van der Waals surface area contributed by atoms with Gasteiger partial charge in [0.1, 0.15) is 0 Å². The maximum atomic E-state index is 6.21. The van der Waals surface area contributed by atoms with Gasteiger partial charge in [0.2, 0.25) is 0 Å². The van der Waals surface area contributed by atoms with Gasteiger partial charge in [-0.25, -0.2) is 0 Å².